The molecular formula is C15H35IN4. The van der Waals surface area contributed by atoms with Crippen LogP contribution in [0.4, 0.5) is 0 Å². The molecule has 0 bridgehead atoms. The van der Waals surface area contributed by atoms with E-state index in [2.05, 4.69) is 62.3 Å². The Hall–Kier alpha value is -0.0400. The number of halogens is 1. The lowest BCUT2D eigenvalue weighted by molar-refractivity contribution is 0.200. The van der Waals surface area contributed by atoms with Crippen LogP contribution in [0.1, 0.15) is 40.5 Å². The minimum atomic E-state index is 0. The van der Waals surface area contributed by atoms with Crippen LogP contribution in [-0.4, -0.2) is 51.1 Å². The summed E-state index contributed by atoms with van der Waals surface area (Å²) in [5.41, 5.74) is 0. The highest BCUT2D eigenvalue weighted by Crippen LogP contribution is 2.16. The van der Waals surface area contributed by atoms with Gasteiger partial charge in [0, 0.05) is 26.2 Å². The quantitative estimate of drug-likeness (QED) is 0.375. The molecule has 0 radical (unpaired) electrons. The second-order valence-corrected chi connectivity index (χ2v) is 5.84. The molecule has 0 amide bonds. The monoisotopic (exact) mass is 398 g/mol. The highest BCUT2D eigenvalue weighted by atomic mass is 127. The number of nitrogens with zero attached hydrogens (tertiary/aromatic N) is 2. The molecule has 1 unspecified atom stereocenters. The molecule has 0 aliphatic carbocycles. The number of likely N-dealkylation sites (N-methyl/N-ethyl adjacent to an activating group) is 1. The van der Waals surface area contributed by atoms with Crippen molar-refractivity contribution in [3.63, 3.8) is 0 Å². The van der Waals surface area contributed by atoms with Crippen molar-refractivity contribution in [3.05, 3.63) is 0 Å². The molecule has 0 rings (SSSR count). The number of hydrogen-bond donors (Lipinski definition) is 2. The lowest BCUT2D eigenvalue weighted by Crippen LogP contribution is -2.48. The molecule has 0 heterocycles. The molecule has 0 fully saturated rings. The predicted molar refractivity (Wildman–Crippen MR) is 101 cm³/mol. The van der Waals surface area contributed by atoms with Crippen molar-refractivity contribution in [1.82, 2.24) is 15.5 Å². The molecule has 122 valence electrons. The molecule has 4 nitrogen and oxygen atoms in total. The van der Waals surface area contributed by atoms with Crippen LogP contribution in [0.3, 0.4) is 0 Å². The zero-order chi connectivity index (χ0) is 14.8. The average Bonchev–Trinajstić information content (AvgIpc) is 2.37. The van der Waals surface area contributed by atoms with Crippen LogP contribution in [0.25, 0.3) is 0 Å². The molecular weight excluding hydrogens is 363 g/mol. The summed E-state index contributed by atoms with van der Waals surface area (Å²) in [6, 6.07) is 0.549. The molecule has 0 saturated heterocycles. The van der Waals surface area contributed by atoms with Crippen molar-refractivity contribution in [1.29, 1.82) is 0 Å². The minimum absolute atomic E-state index is 0. The standard InChI is InChI=1S/C15H34N4.HI/c1-8-13(9-2)14(19(6)7)11-18-15(16-5)17-10-12(3)4;/h12-14H,8-11H2,1-7H3,(H2,16,17,18);1H. The van der Waals surface area contributed by atoms with E-state index in [4.69, 9.17) is 0 Å². The van der Waals surface area contributed by atoms with Crippen molar-refractivity contribution >= 4 is 29.9 Å². The summed E-state index contributed by atoms with van der Waals surface area (Å²) >= 11 is 0. The van der Waals surface area contributed by atoms with Crippen LogP contribution < -0.4 is 10.6 Å². The zero-order valence-electron chi connectivity index (χ0n) is 14.4. The largest absolute Gasteiger partial charge is 0.356 e. The van der Waals surface area contributed by atoms with Crippen LogP contribution in [0.2, 0.25) is 0 Å². The molecule has 0 aromatic carbocycles. The van der Waals surface area contributed by atoms with E-state index in [-0.39, 0.29) is 24.0 Å². The third-order valence-electron chi connectivity index (χ3n) is 3.64. The van der Waals surface area contributed by atoms with E-state index in [1.54, 1.807) is 0 Å². The number of rotatable bonds is 8. The van der Waals surface area contributed by atoms with Gasteiger partial charge in [0.25, 0.3) is 0 Å². The Balaban J connectivity index is 0. The lowest BCUT2D eigenvalue weighted by Gasteiger charge is -2.32. The van der Waals surface area contributed by atoms with Crippen molar-refractivity contribution in [2.24, 2.45) is 16.8 Å². The summed E-state index contributed by atoms with van der Waals surface area (Å²) in [6.07, 6.45) is 2.44. The van der Waals surface area contributed by atoms with E-state index in [0.717, 1.165) is 25.0 Å². The van der Waals surface area contributed by atoms with Gasteiger partial charge >= 0.3 is 0 Å². The van der Waals surface area contributed by atoms with E-state index < -0.39 is 0 Å². The minimum Gasteiger partial charge on any atom is -0.356 e. The van der Waals surface area contributed by atoms with Crippen LogP contribution in [0.5, 0.6) is 0 Å². The first-order chi connectivity index (χ1) is 8.96. The number of guanidine groups is 1. The van der Waals surface area contributed by atoms with E-state index >= 15 is 0 Å². The second kappa shape index (κ2) is 12.7. The fraction of sp³-hybridized carbons (Fsp3) is 0.933. The van der Waals surface area contributed by atoms with Crippen molar-refractivity contribution in [2.75, 3.05) is 34.2 Å². The Morgan fingerprint density at radius 1 is 1.05 bits per heavy atom. The smallest absolute Gasteiger partial charge is 0.191 e. The summed E-state index contributed by atoms with van der Waals surface area (Å²) in [5, 5.41) is 6.81. The summed E-state index contributed by atoms with van der Waals surface area (Å²) in [5.74, 6) is 2.26. The summed E-state index contributed by atoms with van der Waals surface area (Å²) in [6.45, 7) is 10.8. The maximum atomic E-state index is 4.28. The fourth-order valence-corrected chi connectivity index (χ4v) is 2.33. The third-order valence-corrected chi connectivity index (χ3v) is 3.64. The van der Waals surface area contributed by atoms with Crippen LogP contribution >= 0.6 is 24.0 Å². The van der Waals surface area contributed by atoms with E-state index in [1.807, 2.05) is 7.05 Å². The molecule has 0 aromatic heterocycles. The summed E-state index contributed by atoms with van der Waals surface area (Å²) in [7, 11) is 6.15. The van der Waals surface area contributed by atoms with E-state index in [0.29, 0.717) is 12.0 Å². The van der Waals surface area contributed by atoms with Gasteiger partial charge in [-0.25, -0.2) is 0 Å². The maximum absolute atomic E-state index is 4.28. The summed E-state index contributed by atoms with van der Waals surface area (Å²) < 4.78 is 0. The highest BCUT2D eigenvalue weighted by molar-refractivity contribution is 14.0. The van der Waals surface area contributed by atoms with Crippen LogP contribution in [0.15, 0.2) is 4.99 Å². The zero-order valence-corrected chi connectivity index (χ0v) is 16.7. The highest BCUT2D eigenvalue weighted by Gasteiger charge is 2.20. The molecule has 20 heavy (non-hydrogen) atoms. The Morgan fingerprint density at radius 3 is 1.90 bits per heavy atom. The Bertz CT molecular complexity index is 250. The van der Waals surface area contributed by atoms with E-state index in [9.17, 15) is 0 Å². The van der Waals surface area contributed by atoms with Gasteiger partial charge in [-0.3, -0.25) is 4.99 Å². The Morgan fingerprint density at radius 2 is 1.55 bits per heavy atom. The first kappa shape index (κ1) is 22.2. The Kier molecular flexibility index (Phi) is 14.1. The van der Waals surface area contributed by atoms with Gasteiger partial charge in [-0.2, -0.15) is 0 Å². The fourth-order valence-electron chi connectivity index (χ4n) is 2.33. The first-order valence-corrected chi connectivity index (χ1v) is 7.57. The average molecular weight is 398 g/mol. The SMILES string of the molecule is CCC(CC)C(CNC(=NC)NCC(C)C)N(C)C.I. The van der Waals surface area contributed by atoms with Gasteiger partial charge in [-0.05, 0) is 25.9 Å². The topological polar surface area (TPSA) is 39.7 Å². The molecule has 0 saturated carbocycles. The third kappa shape index (κ3) is 9.00. The predicted octanol–water partition coefficient (Wildman–Crippen LogP) is 2.79. The Labute approximate surface area is 143 Å². The van der Waals surface area contributed by atoms with Crippen LogP contribution in [-0.2, 0) is 0 Å². The van der Waals surface area contributed by atoms with Gasteiger partial charge in [0.2, 0.25) is 0 Å². The molecule has 0 spiro atoms. The molecule has 0 aromatic rings. The molecule has 1 atom stereocenters. The molecule has 0 aliphatic rings. The molecule has 5 heteroatoms. The number of aliphatic imine (C=N–C) groups is 1. The van der Waals surface area contributed by atoms with Gasteiger partial charge in [0.1, 0.15) is 0 Å². The van der Waals surface area contributed by atoms with Gasteiger partial charge in [-0.1, -0.05) is 40.5 Å². The van der Waals surface area contributed by atoms with Gasteiger partial charge in [0.05, 0.1) is 0 Å². The number of hydrogen-bond acceptors (Lipinski definition) is 2. The molecule has 2 N–H and O–H groups in total. The van der Waals surface area contributed by atoms with Crippen molar-refractivity contribution in [3.8, 4) is 0 Å². The second-order valence-electron chi connectivity index (χ2n) is 5.84. The van der Waals surface area contributed by atoms with Gasteiger partial charge in [-0.15, -0.1) is 24.0 Å². The van der Waals surface area contributed by atoms with Gasteiger partial charge < -0.3 is 15.5 Å². The van der Waals surface area contributed by atoms with Crippen molar-refractivity contribution in [2.45, 2.75) is 46.6 Å². The lowest BCUT2D eigenvalue weighted by atomic mass is 9.93. The molecule has 0 aliphatic heterocycles. The first-order valence-electron chi connectivity index (χ1n) is 7.57. The van der Waals surface area contributed by atoms with Crippen LogP contribution in [0, 0.1) is 11.8 Å². The van der Waals surface area contributed by atoms with E-state index in [1.165, 1.54) is 12.8 Å². The maximum Gasteiger partial charge on any atom is 0.191 e. The summed E-state index contributed by atoms with van der Waals surface area (Å²) in [4.78, 5) is 6.60. The van der Waals surface area contributed by atoms with Crippen molar-refractivity contribution < 1.29 is 0 Å². The number of nitrogens with one attached hydrogen (secondary N) is 2. The van der Waals surface area contributed by atoms with Gasteiger partial charge in [0.15, 0.2) is 5.96 Å². The normalized spacial score (nSPS) is 13.6.